The molecule has 7 nitrogen and oxygen atoms in total. The van der Waals surface area contributed by atoms with Gasteiger partial charge in [-0.2, -0.15) is 0 Å². The van der Waals surface area contributed by atoms with Crippen molar-refractivity contribution in [2.45, 2.75) is 52.5 Å². The lowest BCUT2D eigenvalue weighted by molar-refractivity contribution is -0.140. The minimum absolute atomic E-state index is 0. The number of nitrogens with one attached hydrogen (secondary N) is 1. The first kappa shape index (κ1) is 29.2. The number of guanidine groups is 1. The number of halogens is 1. The van der Waals surface area contributed by atoms with E-state index in [1.54, 1.807) is 0 Å². The zero-order valence-corrected chi connectivity index (χ0v) is 23.1. The summed E-state index contributed by atoms with van der Waals surface area (Å²) in [4.78, 5) is 35.1. The van der Waals surface area contributed by atoms with Crippen LogP contribution in [0.5, 0.6) is 0 Å². The highest BCUT2D eigenvalue weighted by atomic mass is 127. The van der Waals surface area contributed by atoms with Crippen LogP contribution in [0, 0.1) is 5.92 Å². The zero-order valence-electron chi connectivity index (χ0n) is 20.8. The van der Waals surface area contributed by atoms with E-state index in [9.17, 15) is 9.59 Å². The van der Waals surface area contributed by atoms with E-state index in [2.05, 4.69) is 36.3 Å². The molecule has 1 aliphatic heterocycles. The van der Waals surface area contributed by atoms with E-state index >= 15 is 0 Å². The van der Waals surface area contributed by atoms with Crippen LogP contribution in [0.4, 0.5) is 0 Å². The quantitative estimate of drug-likeness (QED) is 0.202. The molecule has 0 atom stereocenters. The van der Waals surface area contributed by atoms with E-state index in [0.29, 0.717) is 51.5 Å². The molecule has 1 aliphatic rings. The molecule has 2 amide bonds. The molecule has 0 aromatic heterocycles. The highest BCUT2D eigenvalue weighted by Gasteiger charge is 2.23. The van der Waals surface area contributed by atoms with Gasteiger partial charge in [0.05, 0.1) is 6.54 Å². The largest absolute Gasteiger partial charge is 0.356 e. The van der Waals surface area contributed by atoms with Gasteiger partial charge in [0.2, 0.25) is 11.8 Å². The minimum atomic E-state index is 0. The van der Waals surface area contributed by atoms with Crippen molar-refractivity contribution in [1.29, 1.82) is 0 Å². The van der Waals surface area contributed by atoms with E-state index in [0.717, 1.165) is 31.8 Å². The van der Waals surface area contributed by atoms with Crippen molar-refractivity contribution < 1.29 is 9.59 Å². The second-order valence-electron chi connectivity index (χ2n) is 9.12. The van der Waals surface area contributed by atoms with Crippen molar-refractivity contribution in [3.05, 3.63) is 35.9 Å². The number of hydrogen-bond donors (Lipinski definition) is 1. The molecule has 0 bridgehead atoms. The molecule has 1 saturated heterocycles. The Hall–Kier alpha value is -1.84. The van der Waals surface area contributed by atoms with E-state index in [4.69, 9.17) is 0 Å². The van der Waals surface area contributed by atoms with Gasteiger partial charge in [0.15, 0.2) is 5.96 Å². The predicted octanol–water partition coefficient (Wildman–Crippen LogP) is 3.59. The molecule has 0 spiro atoms. The van der Waals surface area contributed by atoms with Crippen LogP contribution >= 0.6 is 24.0 Å². The Morgan fingerprint density at radius 1 is 0.970 bits per heavy atom. The Morgan fingerprint density at radius 2 is 1.58 bits per heavy atom. The van der Waals surface area contributed by atoms with Crippen molar-refractivity contribution in [3.8, 4) is 0 Å². The molecule has 33 heavy (non-hydrogen) atoms. The minimum Gasteiger partial charge on any atom is -0.356 e. The zero-order chi connectivity index (χ0) is 23.3. The second kappa shape index (κ2) is 15.9. The van der Waals surface area contributed by atoms with Crippen LogP contribution in [-0.4, -0.2) is 79.3 Å². The maximum atomic E-state index is 12.5. The summed E-state index contributed by atoms with van der Waals surface area (Å²) in [6.07, 6.45) is 4.08. The Labute approximate surface area is 217 Å². The van der Waals surface area contributed by atoms with Crippen molar-refractivity contribution in [1.82, 2.24) is 20.0 Å². The highest BCUT2D eigenvalue weighted by Crippen LogP contribution is 2.10. The smallest absolute Gasteiger partial charge is 0.222 e. The lowest BCUT2D eigenvalue weighted by Gasteiger charge is -2.35. The van der Waals surface area contributed by atoms with Gasteiger partial charge in [0.1, 0.15) is 0 Å². The molecule has 8 heteroatoms. The van der Waals surface area contributed by atoms with Crippen molar-refractivity contribution in [2.24, 2.45) is 10.9 Å². The maximum Gasteiger partial charge on any atom is 0.222 e. The normalized spacial score (nSPS) is 14.2. The Kier molecular flexibility index (Phi) is 14.1. The fourth-order valence-electron chi connectivity index (χ4n) is 3.72. The van der Waals surface area contributed by atoms with Crippen molar-refractivity contribution in [2.75, 3.05) is 46.8 Å². The molecule has 0 aliphatic carbocycles. The molecule has 2 rings (SSSR count). The maximum absolute atomic E-state index is 12.5. The van der Waals surface area contributed by atoms with Gasteiger partial charge in [-0.1, -0.05) is 50.6 Å². The highest BCUT2D eigenvalue weighted by molar-refractivity contribution is 14.0. The van der Waals surface area contributed by atoms with E-state index < -0.39 is 0 Å². The number of benzene rings is 1. The van der Waals surface area contributed by atoms with Gasteiger partial charge in [-0.15, -0.1) is 24.0 Å². The third-order valence-corrected chi connectivity index (χ3v) is 5.60. The number of piperazine rings is 1. The third-order valence-electron chi connectivity index (χ3n) is 5.60. The second-order valence-corrected chi connectivity index (χ2v) is 9.12. The number of aliphatic imine (C=N–C) groups is 1. The summed E-state index contributed by atoms with van der Waals surface area (Å²) < 4.78 is 0. The molecule has 1 heterocycles. The van der Waals surface area contributed by atoms with Gasteiger partial charge in [-0.25, -0.2) is 4.99 Å². The molecule has 1 aromatic rings. The Bertz CT molecular complexity index is 732. The van der Waals surface area contributed by atoms with Crippen LogP contribution in [0.3, 0.4) is 0 Å². The van der Waals surface area contributed by atoms with Gasteiger partial charge in [-0.05, 0) is 24.3 Å². The fraction of sp³-hybridized carbons (Fsp3) is 0.640. The summed E-state index contributed by atoms with van der Waals surface area (Å²) in [5.41, 5.74) is 1.19. The fourth-order valence-corrected chi connectivity index (χ4v) is 3.72. The van der Waals surface area contributed by atoms with E-state index in [-0.39, 0.29) is 35.8 Å². The molecule has 0 radical (unpaired) electrons. The number of rotatable bonds is 10. The summed E-state index contributed by atoms with van der Waals surface area (Å²) in [7, 11) is 3.98. The predicted molar refractivity (Wildman–Crippen MR) is 146 cm³/mol. The summed E-state index contributed by atoms with van der Waals surface area (Å²) >= 11 is 0. The number of nitrogens with zero attached hydrogens (tertiary/aromatic N) is 4. The van der Waals surface area contributed by atoms with Crippen LogP contribution in [0.25, 0.3) is 0 Å². The number of amides is 2. The van der Waals surface area contributed by atoms with Crippen LogP contribution < -0.4 is 5.32 Å². The number of carbonyl (C=O) groups is 2. The van der Waals surface area contributed by atoms with Crippen molar-refractivity contribution >= 4 is 41.8 Å². The molecular weight excluding hydrogens is 529 g/mol. The Balaban J connectivity index is 0.00000544. The summed E-state index contributed by atoms with van der Waals surface area (Å²) in [6, 6.07) is 10.2. The Morgan fingerprint density at radius 3 is 2.15 bits per heavy atom. The average molecular weight is 572 g/mol. The van der Waals surface area contributed by atoms with Crippen LogP contribution in [0.2, 0.25) is 0 Å². The lowest BCUT2D eigenvalue weighted by Crippen LogP contribution is -2.50. The van der Waals surface area contributed by atoms with Crippen LogP contribution in [0.1, 0.15) is 51.5 Å². The summed E-state index contributed by atoms with van der Waals surface area (Å²) in [5.74, 6) is 1.69. The van der Waals surface area contributed by atoms with Gasteiger partial charge in [0, 0.05) is 59.7 Å². The van der Waals surface area contributed by atoms with Crippen molar-refractivity contribution in [3.63, 3.8) is 0 Å². The standard InChI is InChI=1S/C25H41N5O2.HI/c1-21(2)19-24(32)30-17-15-29(16-18-30)23(31)13-9-6-10-14-26-25(28(3)4)27-20-22-11-7-5-8-12-22;/h5,7-8,11-12,21H,6,9-10,13-20H2,1-4H3,(H,26,27);1H. The van der Waals surface area contributed by atoms with Gasteiger partial charge in [0.25, 0.3) is 0 Å². The summed E-state index contributed by atoms with van der Waals surface area (Å²) in [5, 5.41) is 3.41. The first-order chi connectivity index (χ1) is 15.4. The number of hydrogen-bond acceptors (Lipinski definition) is 3. The summed E-state index contributed by atoms with van der Waals surface area (Å²) in [6.45, 7) is 8.27. The van der Waals surface area contributed by atoms with E-state index in [1.165, 1.54) is 5.56 Å². The molecule has 0 unspecified atom stereocenters. The lowest BCUT2D eigenvalue weighted by atomic mass is 10.1. The first-order valence-corrected chi connectivity index (χ1v) is 11.9. The van der Waals surface area contributed by atoms with Gasteiger partial charge < -0.3 is 20.0 Å². The molecule has 0 saturated carbocycles. The molecular formula is C25H42IN5O2. The van der Waals surface area contributed by atoms with Crippen LogP contribution in [-0.2, 0) is 16.1 Å². The number of unbranched alkanes of at least 4 members (excludes halogenated alkanes) is 2. The van der Waals surface area contributed by atoms with Gasteiger partial charge >= 0.3 is 0 Å². The van der Waals surface area contributed by atoms with E-state index in [1.807, 2.05) is 47.0 Å². The van der Waals surface area contributed by atoms with Crippen LogP contribution in [0.15, 0.2) is 35.3 Å². The molecule has 1 N–H and O–H groups in total. The molecule has 1 fully saturated rings. The number of carbonyl (C=O) groups excluding carboxylic acids is 2. The topological polar surface area (TPSA) is 68.2 Å². The molecule has 186 valence electrons. The third kappa shape index (κ3) is 11.2. The SMILES string of the molecule is CC(C)CC(=O)N1CCN(C(=O)CCCCCNC(=NCc2ccccc2)N(C)C)CC1.I. The van der Waals surface area contributed by atoms with Gasteiger partial charge in [-0.3, -0.25) is 9.59 Å². The first-order valence-electron chi connectivity index (χ1n) is 11.9. The average Bonchev–Trinajstić information content (AvgIpc) is 2.78. The molecule has 1 aromatic carbocycles. The monoisotopic (exact) mass is 571 g/mol.